The number of fused-ring (bicyclic) bond motifs is 7. The average Bonchev–Trinajstić information content (AvgIpc) is 3.12. The number of aliphatic hydroxyl groups excluding tert-OH is 2. The molecule has 0 aromatic heterocycles. The lowest BCUT2D eigenvalue weighted by Gasteiger charge is -2.73. The highest BCUT2D eigenvalue weighted by molar-refractivity contribution is 5.21. The summed E-state index contributed by atoms with van der Waals surface area (Å²) in [5.41, 5.74) is 2.60. The van der Waals surface area contributed by atoms with Gasteiger partial charge in [-0.3, -0.25) is 0 Å². The van der Waals surface area contributed by atoms with E-state index in [2.05, 4.69) is 48.1 Å². The Balaban J connectivity index is 1.55. The quantitative estimate of drug-likeness (QED) is 0.452. The molecular formula is C30H50O2. The van der Waals surface area contributed by atoms with Crippen LogP contribution in [0, 0.1) is 56.7 Å². The van der Waals surface area contributed by atoms with Gasteiger partial charge in [0.15, 0.2) is 0 Å². The molecule has 32 heavy (non-hydrogen) atoms. The zero-order valence-corrected chi connectivity index (χ0v) is 21.8. The summed E-state index contributed by atoms with van der Waals surface area (Å²) in [6, 6.07) is 0. The zero-order valence-electron chi connectivity index (χ0n) is 21.8. The standard InChI is InChI=1S/C30H50O2/c1-19(2)20-10-15-30(18-31)17-16-28(6)21(25(20)30)8-9-23-27(5)13-12-24(32)26(3,4)22(27)11-14-29(23,28)7/h20-25,31-32H,1,8-18H2,2-7H3/t20-,21-,22-,23-,24-,25-,27-,28+,29+,30-/m1/s1. The smallest absolute Gasteiger partial charge is 0.0594 e. The normalized spacial score (nSPS) is 56.5. The summed E-state index contributed by atoms with van der Waals surface area (Å²) in [7, 11) is 0. The van der Waals surface area contributed by atoms with Crippen LogP contribution in [-0.4, -0.2) is 22.9 Å². The maximum Gasteiger partial charge on any atom is 0.0594 e. The second-order valence-electron chi connectivity index (χ2n) is 14.6. The van der Waals surface area contributed by atoms with Crippen LogP contribution in [0.25, 0.3) is 0 Å². The number of rotatable bonds is 2. The molecule has 2 N–H and O–H groups in total. The Labute approximate surface area is 197 Å². The molecule has 2 nitrogen and oxygen atoms in total. The van der Waals surface area contributed by atoms with Crippen molar-refractivity contribution in [2.24, 2.45) is 56.7 Å². The summed E-state index contributed by atoms with van der Waals surface area (Å²) < 4.78 is 0. The first-order chi connectivity index (χ1) is 14.9. The molecule has 0 radical (unpaired) electrons. The van der Waals surface area contributed by atoms with Gasteiger partial charge in [-0.1, -0.05) is 46.8 Å². The van der Waals surface area contributed by atoms with Gasteiger partial charge in [0, 0.05) is 6.61 Å². The van der Waals surface area contributed by atoms with E-state index in [1.165, 1.54) is 63.4 Å². The monoisotopic (exact) mass is 442 g/mol. The lowest BCUT2D eigenvalue weighted by molar-refractivity contribution is -0.249. The molecule has 5 rings (SSSR count). The molecule has 0 bridgehead atoms. The second-order valence-corrected chi connectivity index (χ2v) is 14.6. The fourth-order valence-electron chi connectivity index (χ4n) is 11.5. The first-order valence-corrected chi connectivity index (χ1v) is 13.8. The molecule has 0 saturated heterocycles. The summed E-state index contributed by atoms with van der Waals surface area (Å²) in [6.07, 6.45) is 12.2. The minimum atomic E-state index is -0.147. The Morgan fingerprint density at radius 1 is 0.812 bits per heavy atom. The van der Waals surface area contributed by atoms with Crippen molar-refractivity contribution < 1.29 is 10.2 Å². The molecule has 0 amide bonds. The van der Waals surface area contributed by atoms with Crippen LogP contribution < -0.4 is 0 Å². The molecule has 2 heteroatoms. The van der Waals surface area contributed by atoms with E-state index in [1.54, 1.807) is 0 Å². The first kappa shape index (κ1) is 23.4. The molecule has 5 saturated carbocycles. The average molecular weight is 443 g/mol. The van der Waals surface area contributed by atoms with Crippen molar-refractivity contribution >= 4 is 0 Å². The van der Waals surface area contributed by atoms with E-state index in [9.17, 15) is 10.2 Å². The fourth-order valence-corrected chi connectivity index (χ4v) is 11.5. The summed E-state index contributed by atoms with van der Waals surface area (Å²) >= 11 is 0. The van der Waals surface area contributed by atoms with Crippen LogP contribution in [0.3, 0.4) is 0 Å². The van der Waals surface area contributed by atoms with Crippen molar-refractivity contribution in [3.05, 3.63) is 12.2 Å². The summed E-state index contributed by atoms with van der Waals surface area (Å²) in [5, 5.41) is 21.5. The zero-order chi connectivity index (χ0) is 23.3. The van der Waals surface area contributed by atoms with Crippen LogP contribution in [-0.2, 0) is 0 Å². The molecule has 0 heterocycles. The van der Waals surface area contributed by atoms with E-state index in [0.29, 0.717) is 40.6 Å². The number of hydrogen-bond donors (Lipinski definition) is 2. The third-order valence-electron chi connectivity index (χ3n) is 13.5. The molecule has 0 unspecified atom stereocenters. The molecule has 0 aromatic rings. The van der Waals surface area contributed by atoms with Gasteiger partial charge in [0.05, 0.1) is 6.10 Å². The molecule has 0 aliphatic heterocycles. The van der Waals surface area contributed by atoms with E-state index in [-0.39, 0.29) is 16.9 Å². The highest BCUT2D eigenvalue weighted by Gasteiger charge is 2.70. The van der Waals surface area contributed by atoms with Gasteiger partial charge in [0.2, 0.25) is 0 Å². The van der Waals surface area contributed by atoms with Crippen LogP contribution in [0.5, 0.6) is 0 Å². The summed E-state index contributed by atoms with van der Waals surface area (Å²) in [5.74, 6) is 3.33. The minimum absolute atomic E-state index is 0.0290. The van der Waals surface area contributed by atoms with Crippen molar-refractivity contribution in [3.8, 4) is 0 Å². The topological polar surface area (TPSA) is 40.5 Å². The van der Waals surface area contributed by atoms with Gasteiger partial charge in [-0.15, -0.1) is 0 Å². The molecule has 0 aromatic carbocycles. The third-order valence-corrected chi connectivity index (χ3v) is 13.5. The van der Waals surface area contributed by atoms with E-state index >= 15 is 0 Å². The number of allylic oxidation sites excluding steroid dienone is 1. The van der Waals surface area contributed by atoms with E-state index in [4.69, 9.17) is 0 Å². The van der Waals surface area contributed by atoms with Gasteiger partial charge >= 0.3 is 0 Å². The Morgan fingerprint density at radius 2 is 1.53 bits per heavy atom. The predicted molar refractivity (Wildman–Crippen MR) is 132 cm³/mol. The van der Waals surface area contributed by atoms with Crippen LogP contribution in [0.4, 0.5) is 0 Å². The van der Waals surface area contributed by atoms with Crippen LogP contribution >= 0.6 is 0 Å². The largest absolute Gasteiger partial charge is 0.396 e. The van der Waals surface area contributed by atoms with Crippen molar-refractivity contribution in [1.82, 2.24) is 0 Å². The summed E-state index contributed by atoms with van der Waals surface area (Å²) in [6.45, 7) is 19.7. The van der Waals surface area contributed by atoms with Crippen molar-refractivity contribution in [3.63, 3.8) is 0 Å². The van der Waals surface area contributed by atoms with Crippen molar-refractivity contribution in [1.29, 1.82) is 0 Å². The van der Waals surface area contributed by atoms with E-state index < -0.39 is 0 Å². The maximum absolute atomic E-state index is 10.9. The Hall–Kier alpha value is -0.340. The van der Waals surface area contributed by atoms with Gasteiger partial charge < -0.3 is 10.2 Å². The molecule has 0 spiro atoms. The van der Waals surface area contributed by atoms with Crippen LogP contribution in [0.1, 0.15) is 106 Å². The molecule has 10 atom stereocenters. The second kappa shape index (κ2) is 7.09. The van der Waals surface area contributed by atoms with Gasteiger partial charge in [0.25, 0.3) is 0 Å². The van der Waals surface area contributed by atoms with Gasteiger partial charge in [-0.25, -0.2) is 0 Å². The Morgan fingerprint density at radius 3 is 2.19 bits per heavy atom. The van der Waals surface area contributed by atoms with Crippen molar-refractivity contribution in [2.75, 3.05) is 6.61 Å². The fraction of sp³-hybridized carbons (Fsp3) is 0.933. The van der Waals surface area contributed by atoms with E-state index in [0.717, 1.165) is 18.3 Å². The highest BCUT2D eigenvalue weighted by Crippen LogP contribution is 2.77. The maximum atomic E-state index is 10.9. The first-order valence-electron chi connectivity index (χ1n) is 13.8. The molecule has 5 aliphatic rings. The summed E-state index contributed by atoms with van der Waals surface area (Å²) in [4.78, 5) is 0. The van der Waals surface area contributed by atoms with Crippen molar-refractivity contribution in [2.45, 2.75) is 112 Å². The van der Waals surface area contributed by atoms with Crippen LogP contribution in [0.15, 0.2) is 12.2 Å². The molecule has 182 valence electrons. The molecular weight excluding hydrogens is 392 g/mol. The minimum Gasteiger partial charge on any atom is -0.396 e. The molecule has 5 aliphatic carbocycles. The Kier molecular flexibility index (Phi) is 5.19. The molecule has 5 fully saturated rings. The van der Waals surface area contributed by atoms with Gasteiger partial charge in [-0.05, 0) is 128 Å². The van der Waals surface area contributed by atoms with Gasteiger partial charge in [-0.2, -0.15) is 0 Å². The van der Waals surface area contributed by atoms with Gasteiger partial charge in [0.1, 0.15) is 0 Å². The predicted octanol–water partition coefficient (Wildman–Crippen LogP) is 7.00. The lowest BCUT2D eigenvalue weighted by atomic mass is 9.32. The number of hydrogen-bond acceptors (Lipinski definition) is 2. The third kappa shape index (κ3) is 2.66. The van der Waals surface area contributed by atoms with E-state index in [1.807, 2.05) is 0 Å². The number of aliphatic hydroxyl groups is 2. The SMILES string of the molecule is C=C(C)[C@H]1CC[C@]2(CO)CC[C@@]3(C)[C@H](CC[C@@H]4[C@]5(C)CC[C@@H](O)C(C)(C)[C@H]5CC[C@@]43C)[C@@H]12. The highest BCUT2D eigenvalue weighted by atomic mass is 16.3. The van der Waals surface area contributed by atoms with Crippen LogP contribution in [0.2, 0.25) is 0 Å². The Bertz CT molecular complexity index is 786. The lowest BCUT2D eigenvalue weighted by Crippen LogP contribution is -2.66.